The Balaban J connectivity index is 1.55. The zero-order chi connectivity index (χ0) is 31.0. The Kier molecular flexibility index (Phi) is 9.38. The van der Waals surface area contributed by atoms with Crippen LogP contribution in [0.4, 0.5) is 4.79 Å². The number of rotatable bonds is 13. The molecule has 0 saturated carbocycles. The van der Waals surface area contributed by atoms with Crippen molar-refractivity contribution in [2.45, 2.75) is 88.6 Å². The van der Waals surface area contributed by atoms with Gasteiger partial charge in [-0.2, -0.15) is 0 Å². The van der Waals surface area contributed by atoms with Gasteiger partial charge in [-0.15, -0.1) is 11.3 Å². The van der Waals surface area contributed by atoms with Gasteiger partial charge in [-0.05, 0) is 34.1 Å². The fourth-order valence-corrected chi connectivity index (χ4v) is 7.75. The number of thioether (sulfide) groups is 1. The minimum absolute atomic E-state index is 0.0993. The van der Waals surface area contributed by atoms with Crippen molar-refractivity contribution in [3.05, 3.63) is 16.1 Å². The Bertz CT molecular complexity index is 1310. The zero-order valence-electron chi connectivity index (χ0n) is 24.3. The second-order valence-electron chi connectivity index (χ2n) is 11.2. The molecule has 2 radical (unpaired) electrons. The largest absolute Gasteiger partial charge is 0.541 e. The third-order valence-corrected chi connectivity index (χ3v) is 10.2. The summed E-state index contributed by atoms with van der Waals surface area (Å²) in [5, 5.41) is 6.84. The van der Waals surface area contributed by atoms with E-state index in [1.54, 1.807) is 33.1 Å². The number of Topliss-reactive ketones (excluding diaryl/α,β-unsaturated/α-hetero) is 2. The standard InChI is InChI=1S/C26H35BN6O7S2/c1-6-7-8-9-19(35)25(4,5)40-30-20(17-12-41-15(3)29-17)18(34)10-16-21(36)31-13-26(23(37)39-27,42-22(16)31)33-14(2)11-32(28)24(33)38/h12,14,16,22H,6-11,13,28H2,1-5H3/b30-20-/t14-,16+,22+,26+/m0/s1. The molecule has 3 aliphatic rings. The average Bonchev–Trinajstić information content (AvgIpc) is 3.60. The molecule has 13 nitrogen and oxygen atoms in total. The number of hydrogen-bond acceptors (Lipinski definition) is 12. The number of oxime groups is 1. The van der Waals surface area contributed by atoms with Gasteiger partial charge in [-0.3, -0.25) is 29.1 Å². The van der Waals surface area contributed by atoms with Crippen molar-refractivity contribution in [3.8, 4) is 0 Å². The molecule has 226 valence electrons. The van der Waals surface area contributed by atoms with Gasteiger partial charge in [0, 0.05) is 18.2 Å². The van der Waals surface area contributed by atoms with Gasteiger partial charge in [0.05, 0.1) is 35.4 Å². The van der Waals surface area contributed by atoms with Crippen LogP contribution in [0.2, 0.25) is 0 Å². The minimum atomic E-state index is -1.62. The second kappa shape index (κ2) is 12.3. The first-order valence-electron chi connectivity index (χ1n) is 13.8. The van der Waals surface area contributed by atoms with E-state index in [1.807, 2.05) is 6.92 Å². The molecular formula is C26H35BN6O7S2. The number of fused-ring (bicyclic) bond motifs is 1. The van der Waals surface area contributed by atoms with Crippen LogP contribution < -0.4 is 5.84 Å². The van der Waals surface area contributed by atoms with E-state index in [0.29, 0.717) is 11.4 Å². The number of aryl methyl sites for hydroxylation is 1. The maximum absolute atomic E-state index is 13.6. The summed E-state index contributed by atoms with van der Waals surface area (Å²) in [6, 6.07) is -1.06. The lowest BCUT2D eigenvalue weighted by Gasteiger charge is -2.40. The highest BCUT2D eigenvalue weighted by molar-refractivity contribution is 8.02. The second-order valence-corrected chi connectivity index (χ2v) is 13.7. The van der Waals surface area contributed by atoms with E-state index in [9.17, 15) is 24.0 Å². The molecular weight excluding hydrogens is 583 g/mol. The minimum Gasteiger partial charge on any atom is -0.541 e. The molecule has 1 aromatic heterocycles. The molecule has 0 spiro atoms. The molecule has 42 heavy (non-hydrogen) atoms. The van der Waals surface area contributed by atoms with Crippen molar-refractivity contribution in [2.24, 2.45) is 16.9 Å². The lowest BCUT2D eigenvalue weighted by molar-refractivity contribution is -0.153. The third kappa shape index (κ3) is 5.80. The highest BCUT2D eigenvalue weighted by Crippen LogP contribution is 2.53. The SMILES string of the molecule is [B]OC(=O)[C@@]1(N2C(=O)N(N)C[C@@H]2C)CN2C(=O)[C@@H](CC(=O)/C(=N\OC(C)(C)C(=O)CCCCC)c3csc(C)n3)[C@H]2S1. The van der Waals surface area contributed by atoms with Gasteiger partial charge in [-0.1, -0.05) is 36.7 Å². The van der Waals surface area contributed by atoms with Crippen molar-refractivity contribution in [1.82, 2.24) is 19.8 Å². The van der Waals surface area contributed by atoms with E-state index in [-0.39, 0.29) is 42.6 Å². The lowest BCUT2D eigenvalue weighted by Crippen LogP contribution is -2.61. The van der Waals surface area contributed by atoms with Crippen LogP contribution in [0.25, 0.3) is 0 Å². The normalized spacial score (nSPS) is 25.9. The van der Waals surface area contributed by atoms with Gasteiger partial charge in [-0.25, -0.2) is 15.6 Å². The predicted octanol–water partition coefficient (Wildman–Crippen LogP) is 1.91. The molecule has 2 N–H and O–H groups in total. The van der Waals surface area contributed by atoms with E-state index < -0.39 is 45.6 Å². The van der Waals surface area contributed by atoms with Gasteiger partial charge < -0.3 is 14.4 Å². The monoisotopic (exact) mass is 618 g/mol. The third-order valence-electron chi connectivity index (χ3n) is 7.70. The van der Waals surface area contributed by atoms with E-state index >= 15 is 0 Å². The van der Waals surface area contributed by atoms with E-state index in [1.165, 1.54) is 21.1 Å². The number of carbonyl (C=O) groups excluding carboxylic acids is 5. The number of β-lactam (4-membered cyclic amide) rings is 1. The number of urea groups is 1. The Labute approximate surface area is 253 Å². The highest BCUT2D eigenvalue weighted by Gasteiger charge is 2.67. The number of unbranched alkanes of at least 4 members (excludes halogenated alkanes) is 2. The number of amides is 3. The molecule has 3 fully saturated rings. The Hall–Kier alpha value is -2.98. The highest BCUT2D eigenvalue weighted by atomic mass is 32.2. The number of ketones is 2. The zero-order valence-corrected chi connectivity index (χ0v) is 26.0. The van der Waals surface area contributed by atoms with Crippen molar-refractivity contribution >= 4 is 66.3 Å². The molecule has 0 unspecified atom stereocenters. The first-order valence-corrected chi connectivity index (χ1v) is 15.5. The van der Waals surface area contributed by atoms with E-state index in [2.05, 4.69) is 14.8 Å². The number of hydrazine groups is 1. The summed E-state index contributed by atoms with van der Waals surface area (Å²) < 4.78 is 4.58. The van der Waals surface area contributed by atoms with Crippen LogP contribution in [-0.4, -0.2) is 98.0 Å². The Morgan fingerprint density at radius 1 is 1.29 bits per heavy atom. The molecule has 4 heterocycles. The molecule has 16 heteroatoms. The fraction of sp³-hybridized carbons (Fsp3) is 0.654. The molecule has 1 aromatic rings. The first kappa shape index (κ1) is 31.9. The lowest BCUT2D eigenvalue weighted by atomic mass is 9.90. The van der Waals surface area contributed by atoms with Crippen LogP contribution in [0.3, 0.4) is 0 Å². The molecule has 3 amide bonds. The number of nitrogens with two attached hydrogens (primary N) is 1. The molecule has 0 aliphatic carbocycles. The van der Waals surface area contributed by atoms with Crippen molar-refractivity contribution < 1.29 is 33.5 Å². The van der Waals surface area contributed by atoms with Gasteiger partial charge in [0.25, 0.3) is 0 Å². The first-order chi connectivity index (χ1) is 19.8. The smallest absolute Gasteiger partial charge is 0.378 e. The summed E-state index contributed by atoms with van der Waals surface area (Å²) in [4.78, 5) is 76.6. The molecule has 4 rings (SSSR count). The molecule has 3 saturated heterocycles. The fourth-order valence-electron chi connectivity index (χ4n) is 5.34. The van der Waals surface area contributed by atoms with Crippen LogP contribution in [0, 0.1) is 12.8 Å². The number of thiazole rings is 1. The maximum atomic E-state index is 13.6. The van der Waals surface area contributed by atoms with Gasteiger partial charge >= 0.3 is 20.0 Å². The summed E-state index contributed by atoms with van der Waals surface area (Å²) in [6.07, 6.45) is 2.69. The summed E-state index contributed by atoms with van der Waals surface area (Å²) in [5.41, 5.74) is -1.09. The summed E-state index contributed by atoms with van der Waals surface area (Å²) in [7, 11) is 5.26. The maximum Gasteiger partial charge on any atom is 0.378 e. The van der Waals surface area contributed by atoms with Gasteiger partial charge in [0.15, 0.2) is 22.9 Å². The van der Waals surface area contributed by atoms with Crippen LogP contribution in [0.5, 0.6) is 0 Å². The average molecular weight is 619 g/mol. The molecule has 0 bridgehead atoms. The van der Waals surface area contributed by atoms with Gasteiger partial charge in [0.1, 0.15) is 5.69 Å². The number of hydrogen-bond donors (Lipinski definition) is 1. The number of carbonyl (C=O) groups is 5. The van der Waals surface area contributed by atoms with Crippen molar-refractivity contribution in [2.75, 3.05) is 13.1 Å². The Morgan fingerprint density at radius 3 is 2.57 bits per heavy atom. The number of nitrogens with zero attached hydrogens (tertiary/aromatic N) is 5. The van der Waals surface area contributed by atoms with Gasteiger partial charge in [0.2, 0.25) is 10.8 Å². The predicted molar refractivity (Wildman–Crippen MR) is 156 cm³/mol. The summed E-state index contributed by atoms with van der Waals surface area (Å²) in [6.45, 7) is 8.76. The molecule has 3 aliphatic heterocycles. The summed E-state index contributed by atoms with van der Waals surface area (Å²) >= 11 is 2.35. The molecule has 0 aromatic carbocycles. The van der Waals surface area contributed by atoms with Crippen LogP contribution in [0.15, 0.2) is 10.5 Å². The van der Waals surface area contributed by atoms with Crippen LogP contribution >= 0.6 is 23.1 Å². The van der Waals surface area contributed by atoms with Crippen molar-refractivity contribution in [3.63, 3.8) is 0 Å². The van der Waals surface area contributed by atoms with Crippen molar-refractivity contribution in [1.29, 1.82) is 0 Å². The van der Waals surface area contributed by atoms with E-state index in [4.69, 9.17) is 18.7 Å². The van der Waals surface area contributed by atoms with Crippen LogP contribution in [-0.2, 0) is 28.7 Å². The van der Waals surface area contributed by atoms with Crippen LogP contribution in [0.1, 0.15) is 70.5 Å². The quantitative estimate of drug-likeness (QED) is 0.0657. The van der Waals surface area contributed by atoms with E-state index in [0.717, 1.165) is 36.0 Å². The molecule has 4 atom stereocenters. The Morgan fingerprint density at radius 2 is 2.00 bits per heavy atom. The summed E-state index contributed by atoms with van der Waals surface area (Å²) in [5.74, 6) is 3.08. The number of aromatic nitrogens is 1. The topological polar surface area (TPSA) is 165 Å².